The molecule has 0 aliphatic heterocycles. The number of hydrogen-bond acceptors (Lipinski definition) is 3. The molecule has 1 aromatic heterocycles. The molecule has 0 saturated heterocycles. The Labute approximate surface area is 237 Å². The topological polar surface area (TPSA) is 39.4 Å². The molecule has 210 valence electrons. The van der Waals surface area contributed by atoms with E-state index in [1.54, 1.807) is 12.1 Å². The third-order valence-electron chi connectivity index (χ3n) is 8.61. The van der Waals surface area contributed by atoms with E-state index in [1.807, 2.05) is 30.3 Å². The van der Waals surface area contributed by atoms with Crippen LogP contribution in [0.25, 0.3) is 21.9 Å². The van der Waals surface area contributed by atoms with E-state index < -0.39 is 11.4 Å². The van der Waals surface area contributed by atoms with Crippen LogP contribution in [0.1, 0.15) is 94.4 Å². The number of aryl methyl sites for hydroxylation is 1. The first-order valence-corrected chi connectivity index (χ1v) is 15.1. The van der Waals surface area contributed by atoms with Gasteiger partial charge in [-0.2, -0.15) is 0 Å². The summed E-state index contributed by atoms with van der Waals surface area (Å²) in [5, 5.41) is 0.549. The molecule has 4 aromatic rings. The average Bonchev–Trinajstić information content (AvgIpc) is 2.99. The Kier molecular flexibility index (Phi) is 9.36. The minimum absolute atomic E-state index is 0.0308. The highest BCUT2D eigenvalue weighted by Gasteiger charge is 2.25. The lowest BCUT2D eigenvalue weighted by Gasteiger charge is -2.28. The van der Waals surface area contributed by atoms with Crippen molar-refractivity contribution in [1.82, 2.24) is 0 Å². The highest BCUT2D eigenvalue weighted by Crippen LogP contribution is 2.38. The van der Waals surface area contributed by atoms with Crippen molar-refractivity contribution in [2.75, 3.05) is 0 Å². The van der Waals surface area contributed by atoms with Crippen molar-refractivity contribution in [3.63, 3.8) is 0 Å². The second-order valence-electron chi connectivity index (χ2n) is 11.4. The van der Waals surface area contributed by atoms with Gasteiger partial charge < -0.3 is 9.15 Å². The molecule has 3 aromatic carbocycles. The molecule has 1 fully saturated rings. The number of fused-ring (bicyclic) bond motifs is 1. The van der Waals surface area contributed by atoms with Crippen molar-refractivity contribution >= 4 is 10.8 Å². The predicted octanol–water partition coefficient (Wildman–Crippen LogP) is 9.98. The molecule has 0 N–H and O–H groups in total. The van der Waals surface area contributed by atoms with Crippen LogP contribution in [0.3, 0.4) is 0 Å². The molecule has 4 heteroatoms. The maximum absolute atomic E-state index is 15.4. The summed E-state index contributed by atoms with van der Waals surface area (Å²) in [6.45, 7) is 4.60. The molecule has 5 rings (SSSR count). The maximum Gasteiger partial charge on any atom is 0.346 e. The molecule has 0 amide bonds. The second kappa shape index (κ2) is 13.3. The summed E-state index contributed by atoms with van der Waals surface area (Å²) in [6.07, 6.45) is 12.0. The molecule has 0 bridgehead atoms. The largest absolute Gasteiger partial charge is 0.486 e. The lowest BCUT2D eigenvalue weighted by Crippen LogP contribution is -2.15. The molecule has 40 heavy (non-hydrogen) atoms. The van der Waals surface area contributed by atoms with Crippen LogP contribution in [0.4, 0.5) is 4.39 Å². The minimum Gasteiger partial charge on any atom is -0.486 e. The number of halogens is 1. The summed E-state index contributed by atoms with van der Waals surface area (Å²) in [5.74, 6) is 1.12. The van der Waals surface area contributed by atoms with Crippen molar-refractivity contribution < 1.29 is 13.5 Å². The predicted molar refractivity (Wildman–Crippen MR) is 161 cm³/mol. The zero-order valence-electron chi connectivity index (χ0n) is 23.9. The van der Waals surface area contributed by atoms with Gasteiger partial charge in [-0.1, -0.05) is 101 Å². The van der Waals surface area contributed by atoms with E-state index >= 15 is 4.39 Å². The lowest BCUT2D eigenvalue weighted by molar-refractivity contribution is 0.275. The van der Waals surface area contributed by atoms with Crippen molar-refractivity contribution in [2.24, 2.45) is 5.92 Å². The molecule has 1 heterocycles. The van der Waals surface area contributed by atoms with E-state index in [4.69, 9.17) is 9.15 Å². The van der Waals surface area contributed by atoms with Gasteiger partial charge in [-0.3, -0.25) is 0 Å². The van der Waals surface area contributed by atoms with Gasteiger partial charge in [0.1, 0.15) is 17.8 Å². The van der Waals surface area contributed by atoms with Gasteiger partial charge in [0.2, 0.25) is 0 Å². The van der Waals surface area contributed by atoms with Gasteiger partial charge in [0, 0.05) is 5.92 Å². The minimum atomic E-state index is -0.652. The molecular formula is C36H41FO3. The van der Waals surface area contributed by atoms with Gasteiger partial charge in [-0.25, -0.2) is 9.18 Å². The van der Waals surface area contributed by atoms with Crippen LogP contribution < -0.4 is 10.4 Å². The molecule has 0 atom stereocenters. The Morgan fingerprint density at radius 2 is 1.50 bits per heavy atom. The molecular weight excluding hydrogens is 499 g/mol. The number of hydrogen-bond donors (Lipinski definition) is 0. The molecule has 0 spiro atoms. The number of rotatable bonds is 11. The summed E-state index contributed by atoms with van der Waals surface area (Å²) in [6, 6.07) is 21.9. The highest BCUT2D eigenvalue weighted by molar-refractivity contribution is 5.83. The van der Waals surface area contributed by atoms with Crippen LogP contribution in [0.5, 0.6) is 5.75 Å². The SMILES string of the molecule is CCCCCCC1CCC(c2cc3ccc(OCc4ccc(-c5ccc(CC)cc5)cc4)c(F)c3c(=O)o2)CC1. The number of unbranched alkanes of at least 4 members (excludes halogenated alkanes) is 3. The summed E-state index contributed by atoms with van der Waals surface area (Å²) >= 11 is 0. The van der Waals surface area contributed by atoms with Gasteiger partial charge in [-0.15, -0.1) is 0 Å². The monoisotopic (exact) mass is 540 g/mol. The van der Waals surface area contributed by atoms with Crippen molar-refractivity contribution in [3.8, 4) is 16.9 Å². The van der Waals surface area contributed by atoms with Gasteiger partial charge >= 0.3 is 5.63 Å². The molecule has 1 aliphatic rings. The van der Waals surface area contributed by atoms with Crippen LogP contribution >= 0.6 is 0 Å². The van der Waals surface area contributed by atoms with E-state index in [1.165, 1.54) is 50.5 Å². The fraction of sp³-hybridized carbons (Fsp3) is 0.417. The Morgan fingerprint density at radius 1 is 0.825 bits per heavy atom. The number of ether oxygens (including phenoxy) is 1. The fourth-order valence-corrected chi connectivity index (χ4v) is 6.04. The van der Waals surface area contributed by atoms with Crippen LogP contribution in [-0.2, 0) is 13.0 Å². The third kappa shape index (κ3) is 6.66. The van der Waals surface area contributed by atoms with Crippen LogP contribution in [0.2, 0.25) is 0 Å². The summed E-state index contributed by atoms with van der Waals surface area (Å²) < 4.78 is 26.9. The lowest BCUT2D eigenvalue weighted by atomic mass is 9.78. The van der Waals surface area contributed by atoms with Crippen molar-refractivity contribution in [2.45, 2.75) is 90.6 Å². The smallest absolute Gasteiger partial charge is 0.346 e. The Bertz CT molecular complexity index is 1440. The van der Waals surface area contributed by atoms with Crippen LogP contribution in [0.15, 0.2) is 75.9 Å². The van der Waals surface area contributed by atoms with E-state index in [0.29, 0.717) is 11.1 Å². The first kappa shape index (κ1) is 28.1. The van der Waals surface area contributed by atoms with Crippen molar-refractivity contribution in [1.29, 1.82) is 0 Å². The summed E-state index contributed by atoms with van der Waals surface area (Å²) in [5.41, 5.74) is 3.91. The quantitative estimate of drug-likeness (QED) is 0.178. The Balaban J connectivity index is 1.22. The van der Waals surface area contributed by atoms with E-state index in [-0.39, 0.29) is 23.7 Å². The second-order valence-corrected chi connectivity index (χ2v) is 11.4. The summed E-state index contributed by atoms with van der Waals surface area (Å²) in [4.78, 5) is 12.9. The van der Waals surface area contributed by atoms with Gasteiger partial charge in [0.05, 0.1) is 0 Å². The normalized spacial score (nSPS) is 17.3. The molecule has 1 aliphatic carbocycles. The van der Waals surface area contributed by atoms with Crippen LogP contribution in [0, 0.1) is 11.7 Å². The highest BCUT2D eigenvalue weighted by atomic mass is 19.1. The van der Waals surface area contributed by atoms with Crippen LogP contribution in [-0.4, -0.2) is 0 Å². The van der Waals surface area contributed by atoms with E-state index in [9.17, 15) is 4.79 Å². The van der Waals surface area contributed by atoms with Gasteiger partial charge in [0.25, 0.3) is 0 Å². The summed E-state index contributed by atoms with van der Waals surface area (Å²) in [7, 11) is 0. The average molecular weight is 541 g/mol. The fourth-order valence-electron chi connectivity index (χ4n) is 6.04. The molecule has 3 nitrogen and oxygen atoms in total. The third-order valence-corrected chi connectivity index (χ3v) is 8.61. The van der Waals surface area contributed by atoms with E-state index in [0.717, 1.165) is 41.9 Å². The van der Waals surface area contributed by atoms with Gasteiger partial charge in [0.15, 0.2) is 11.6 Å². The first-order valence-electron chi connectivity index (χ1n) is 15.1. The molecule has 0 radical (unpaired) electrons. The Morgan fingerprint density at radius 3 is 2.15 bits per heavy atom. The van der Waals surface area contributed by atoms with Crippen molar-refractivity contribution in [3.05, 3.63) is 99.9 Å². The number of benzene rings is 3. The zero-order valence-corrected chi connectivity index (χ0v) is 23.9. The Hall–Kier alpha value is -3.40. The molecule has 0 unspecified atom stereocenters. The maximum atomic E-state index is 15.4. The van der Waals surface area contributed by atoms with Gasteiger partial charge in [-0.05, 0) is 77.8 Å². The first-order chi connectivity index (χ1) is 19.6. The zero-order chi connectivity index (χ0) is 27.9. The standard InChI is InChI=1S/C36H41FO3/c1-3-5-6-7-8-26-11-19-30(20-12-26)33-23-31-21-22-32(35(37)34(31)36(38)40-33)39-24-27-13-17-29(18-14-27)28-15-9-25(4-2)10-16-28/h9-10,13-18,21-23,26,30H,3-8,11-12,19-20,24H2,1-2H3. The van der Waals surface area contributed by atoms with E-state index in [2.05, 4.69) is 38.1 Å². The molecule has 1 saturated carbocycles.